The molecule has 2 aromatic carbocycles. The Labute approximate surface area is 120 Å². The van der Waals surface area contributed by atoms with Gasteiger partial charge >= 0.3 is 5.69 Å². The van der Waals surface area contributed by atoms with E-state index in [1.807, 2.05) is 0 Å². The van der Waals surface area contributed by atoms with Crippen molar-refractivity contribution < 1.29 is 9.66 Å². The van der Waals surface area contributed by atoms with Crippen LogP contribution in [0.15, 0.2) is 42.5 Å². The van der Waals surface area contributed by atoms with Gasteiger partial charge in [0.15, 0.2) is 5.75 Å². The number of nitro groups is 1. The first-order chi connectivity index (χ1) is 9.61. The number of nitrogens with two attached hydrogens (primary N) is 1. The van der Waals surface area contributed by atoms with Crippen LogP contribution in [0.25, 0.3) is 0 Å². The van der Waals surface area contributed by atoms with Crippen molar-refractivity contribution in [2.24, 2.45) is 5.84 Å². The molecule has 0 fully saturated rings. The molecule has 20 heavy (non-hydrogen) atoms. The zero-order valence-corrected chi connectivity index (χ0v) is 11.1. The Morgan fingerprint density at radius 1 is 1.25 bits per heavy atom. The summed E-state index contributed by atoms with van der Waals surface area (Å²) in [7, 11) is 0. The molecule has 0 spiro atoms. The molecule has 0 aliphatic heterocycles. The third-order valence-corrected chi connectivity index (χ3v) is 2.90. The zero-order chi connectivity index (χ0) is 14.5. The van der Waals surface area contributed by atoms with Gasteiger partial charge in [-0.2, -0.15) is 0 Å². The van der Waals surface area contributed by atoms with E-state index in [2.05, 4.69) is 5.43 Å². The number of rotatable bonds is 5. The standard InChI is InChI=1S/C13H12ClN3O3/c14-10-6-4-9(5-7-10)8-20-12-3-1-2-11(16-15)13(12)17(18)19/h1-7,16H,8,15H2. The molecular weight excluding hydrogens is 282 g/mol. The average molecular weight is 294 g/mol. The van der Waals surface area contributed by atoms with Crippen molar-refractivity contribution in [3.63, 3.8) is 0 Å². The average Bonchev–Trinajstić information content (AvgIpc) is 2.46. The Bertz CT molecular complexity index is 617. The molecule has 0 aliphatic rings. The predicted molar refractivity (Wildman–Crippen MR) is 76.7 cm³/mol. The van der Waals surface area contributed by atoms with Gasteiger partial charge in [-0.25, -0.2) is 0 Å². The maximum atomic E-state index is 11.1. The van der Waals surface area contributed by atoms with Crippen molar-refractivity contribution >= 4 is 23.0 Å². The third-order valence-electron chi connectivity index (χ3n) is 2.64. The van der Waals surface area contributed by atoms with Gasteiger partial charge in [0.2, 0.25) is 0 Å². The molecule has 3 N–H and O–H groups in total. The van der Waals surface area contributed by atoms with Crippen LogP contribution in [0.3, 0.4) is 0 Å². The second-order valence-corrected chi connectivity index (χ2v) is 4.41. The van der Waals surface area contributed by atoms with Crippen LogP contribution < -0.4 is 16.0 Å². The smallest absolute Gasteiger partial charge is 0.335 e. The van der Waals surface area contributed by atoms with Gasteiger partial charge in [-0.15, -0.1) is 0 Å². The minimum atomic E-state index is -0.535. The van der Waals surface area contributed by atoms with Gasteiger partial charge in [0.1, 0.15) is 12.3 Å². The highest BCUT2D eigenvalue weighted by atomic mass is 35.5. The van der Waals surface area contributed by atoms with Crippen molar-refractivity contribution in [1.82, 2.24) is 0 Å². The zero-order valence-electron chi connectivity index (χ0n) is 10.4. The van der Waals surface area contributed by atoms with E-state index in [0.717, 1.165) is 5.56 Å². The number of ether oxygens (including phenoxy) is 1. The van der Waals surface area contributed by atoms with Gasteiger partial charge in [0, 0.05) is 5.02 Å². The molecule has 0 saturated heterocycles. The molecule has 7 heteroatoms. The molecule has 0 atom stereocenters. The molecule has 2 aromatic rings. The highest BCUT2D eigenvalue weighted by molar-refractivity contribution is 6.30. The van der Waals surface area contributed by atoms with Crippen LogP contribution in [0.2, 0.25) is 5.02 Å². The maximum absolute atomic E-state index is 11.1. The number of benzene rings is 2. The third kappa shape index (κ3) is 3.17. The van der Waals surface area contributed by atoms with Gasteiger partial charge in [0.05, 0.1) is 4.92 Å². The van der Waals surface area contributed by atoms with E-state index >= 15 is 0 Å². The molecule has 0 aromatic heterocycles. The minimum Gasteiger partial charge on any atom is -0.482 e. The summed E-state index contributed by atoms with van der Waals surface area (Å²) in [6, 6.07) is 11.7. The van der Waals surface area contributed by atoms with Crippen molar-refractivity contribution in [2.75, 3.05) is 5.43 Å². The van der Waals surface area contributed by atoms with Gasteiger partial charge in [-0.1, -0.05) is 29.8 Å². The maximum Gasteiger partial charge on any atom is 0.335 e. The number of halogens is 1. The molecule has 104 valence electrons. The van der Waals surface area contributed by atoms with E-state index in [4.69, 9.17) is 22.2 Å². The number of hydrazine groups is 1. The number of nitrogens with zero attached hydrogens (tertiary/aromatic N) is 1. The van der Waals surface area contributed by atoms with Crippen LogP contribution in [0.1, 0.15) is 5.56 Å². The van der Waals surface area contributed by atoms with Crippen LogP contribution in [-0.2, 0) is 6.61 Å². The lowest BCUT2D eigenvalue weighted by atomic mass is 10.2. The van der Waals surface area contributed by atoms with Gasteiger partial charge in [0.25, 0.3) is 0 Å². The Balaban J connectivity index is 2.21. The summed E-state index contributed by atoms with van der Waals surface area (Å²) in [5.41, 5.74) is 3.15. The molecular formula is C13H12ClN3O3. The summed E-state index contributed by atoms with van der Waals surface area (Å²) in [6.07, 6.45) is 0. The van der Waals surface area contributed by atoms with Crippen molar-refractivity contribution in [1.29, 1.82) is 0 Å². The molecule has 0 heterocycles. The first-order valence-electron chi connectivity index (χ1n) is 5.73. The second-order valence-electron chi connectivity index (χ2n) is 3.97. The minimum absolute atomic E-state index is 0.153. The van der Waals surface area contributed by atoms with E-state index < -0.39 is 4.92 Å². The molecule has 0 amide bonds. The molecule has 0 aliphatic carbocycles. The molecule has 6 nitrogen and oxygen atoms in total. The second kappa shape index (κ2) is 6.23. The van der Waals surface area contributed by atoms with Gasteiger partial charge in [-0.05, 0) is 29.8 Å². The quantitative estimate of drug-likeness (QED) is 0.502. The van der Waals surface area contributed by atoms with Crippen molar-refractivity contribution in [3.05, 3.63) is 63.2 Å². The molecule has 0 radical (unpaired) electrons. The Morgan fingerprint density at radius 3 is 2.55 bits per heavy atom. The molecule has 0 bridgehead atoms. The lowest BCUT2D eigenvalue weighted by molar-refractivity contribution is -0.385. The summed E-state index contributed by atoms with van der Waals surface area (Å²) in [5, 5.41) is 11.7. The number of nitrogen functional groups attached to an aromatic ring is 1. The van der Waals surface area contributed by atoms with Crippen molar-refractivity contribution in [2.45, 2.75) is 6.61 Å². The summed E-state index contributed by atoms with van der Waals surface area (Å²) >= 11 is 5.78. The number of hydrogen-bond donors (Lipinski definition) is 2. The number of hydrogen-bond acceptors (Lipinski definition) is 5. The van der Waals surface area contributed by atoms with Crippen molar-refractivity contribution in [3.8, 4) is 5.75 Å². The fraction of sp³-hybridized carbons (Fsp3) is 0.0769. The van der Waals surface area contributed by atoms with Crippen LogP contribution in [0.4, 0.5) is 11.4 Å². The Kier molecular flexibility index (Phi) is 4.39. The first kappa shape index (κ1) is 14.1. The topological polar surface area (TPSA) is 90.4 Å². The predicted octanol–water partition coefficient (Wildman–Crippen LogP) is 3.11. The van der Waals surface area contributed by atoms with E-state index in [0.29, 0.717) is 5.02 Å². The van der Waals surface area contributed by atoms with Crippen LogP contribution in [0.5, 0.6) is 5.75 Å². The SMILES string of the molecule is NNc1cccc(OCc2ccc(Cl)cc2)c1[N+](=O)[O-]. The normalized spacial score (nSPS) is 10.1. The molecule has 0 unspecified atom stereocenters. The lowest BCUT2D eigenvalue weighted by Crippen LogP contribution is -2.10. The van der Waals surface area contributed by atoms with E-state index in [-0.39, 0.29) is 23.7 Å². The van der Waals surface area contributed by atoms with Gasteiger partial charge in [-0.3, -0.25) is 16.0 Å². The fourth-order valence-electron chi connectivity index (χ4n) is 1.69. The van der Waals surface area contributed by atoms with E-state index in [9.17, 15) is 10.1 Å². The first-order valence-corrected chi connectivity index (χ1v) is 6.11. The summed E-state index contributed by atoms with van der Waals surface area (Å²) in [4.78, 5) is 10.5. The van der Waals surface area contributed by atoms with E-state index in [1.165, 1.54) is 12.1 Å². The number of nitrogens with one attached hydrogen (secondary N) is 1. The Morgan fingerprint density at radius 2 is 1.95 bits per heavy atom. The fourth-order valence-corrected chi connectivity index (χ4v) is 1.81. The highest BCUT2D eigenvalue weighted by Crippen LogP contribution is 2.34. The van der Waals surface area contributed by atoms with E-state index in [1.54, 1.807) is 30.3 Å². The summed E-state index contributed by atoms with van der Waals surface area (Å²) in [6.45, 7) is 0.200. The molecule has 0 saturated carbocycles. The van der Waals surface area contributed by atoms with Crippen LogP contribution in [0, 0.1) is 10.1 Å². The number of para-hydroxylation sites is 1. The molecule has 2 rings (SSSR count). The van der Waals surface area contributed by atoms with Crippen LogP contribution >= 0.6 is 11.6 Å². The summed E-state index contributed by atoms with van der Waals surface area (Å²) in [5.74, 6) is 5.41. The van der Waals surface area contributed by atoms with Crippen LogP contribution in [-0.4, -0.2) is 4.92 Å². The lowest BCUT2D eigenvalue weighted by Gasteiger charge is -2.09. The monoisotopic (exact) mass is 293 g/mol. The highest BCUT2D eigenvalue weighted by Gasteiger charge is 2.20. The summed E-state index contributed by atoms with van der Waals surface area (Å²) < 4.78 is 5.49. The Hall–Kier alpha value is -2.31. The number of anilines is 1. The number of nitro benzene ring substituents is 1. The largest absolute Gasteiger partial charge is 0.482 e. The van der Waals surface area contributed by atoms with Gasteiger partial charge < -0.3 is 10.2 Å².